The zero-order valence-electron chi connectivity index (χ0n) is 23.5. The van der Waals surface area contributed by atoms with Crippen molar-refractivity contribution in [2.45, 2.75) is 63.8 Å². The highest BCUT2D eigenvalue weighted by atomic mass is 19.1. The number of hydrogen-bond acceptors (Lipinski definition) is 6. The first-order valence-electron chi connectivity index (χ1n) is 14.1. The van der Waals surface area contributed by atoms with Gasteiger partial charge in [-0.15, -0.1) is 0 Å². The number of amides is 2. The molecule has 0 unspecified atom stereocenters. The highest BCUT2D eigenvalue weighted by molar-refractivity contribution is 5.95. The molecule has 0 aliphatic heterocycles. The highest BCUT2D eigenvalue weighted by Gasteiger charge is 2.38. The van der Waals surface area contributed by atoms with Crippen molar-refractivity contribution in [2.75, 3.05) is 0 Å². The van der Waals surface area contributed by atoms with E-state index in [0.29, 0.717) is 50.1 Å². The molecular formula is C33H35FN4O4. The van der Waals surface area contributed by atoms with Gasteiger partial charge in [-0.1, -0.05) is 30.3 Å². The second-order valence-electron chi connectivity index (χ2n) is 11.0. The van der Waals surface area contributed by atoms with Gasteiger partial charge in [-0.05, 0) is 86.7 Å². The molecule has 1 aromatic heterocycles. The largest absolute Gasteiger partial charge is 0.489 e. The number of rotatable bonds is 10. The zero-order valence-corrected chi connectivity index (χ0v) is 23.5. The van der Waals surface area contributed by atoms with Crippen molar-refractivity contribution < 1.29 is 23.9 Å². The number of aryl methyl sites for hydroxylation is 1. The van der Waals surface area contributed by atoms with Crippen molar-refractivity contribution in [3.63, 3.8) is 0 Å². The number of halogens is 1. The van der Waals surface area contributed by atoms with E-state index in [0.717, 1.165) is 27.7 Å². The summed E-state index contributed by atoms with van der Waals surface area (Å²) < 4.78 is 19.5. The Hall–Kier alpha value is -4.34. The van der Waals surface area contributed by atoms with Crippen LogP contribution in [0.1, 0.15) is 59.3 Å². The number of hydrogen-bond donors (Lipinski definition) is 4. The maximum absolute atomic E-state index is 13.5. The van der Waals surface area contributed by atoms with Gasteiger partial charge in [0.1, 0.15) is 18.2 Å². The molecular weight excluding hydrogens is 535 g/mol. The van der Waals surface area contributed by atoms with Crippen LogP contribution in [0.5, 0.6) is 5.75 Å². The fourth-order valence-corrected chi connectivity index (χ4v) is 5.67. The Labute approximate surface area is 244 Å². The van der Waals surface area contributed by atoms with Crippen molar-refractivity contribution in [1.29, 1.82) is 0 Å². The van der Waals surface area contributed by atoms with Crippen molar-refractivity contribution >= 4 is 22.7 Å². The van der Waals surface area contributed by atoms with Gasteiger partial charge in [-0.2, -0.15) is 0 Å². The topological polar surface area (TPSA) is 113 Å². The second-order valence-corrected chi connectivity index (χ2v) is 11.0. The van der Waals surface area contributed by atoms with Gasteiger partial charge in [0.25, 0.3) is 5.91 Å². The lowest BCUT2D eigenvalue weighted by Gasteiger charge is -2.40. The molecule has 0 atom stereocenters. The molecule has 1 aliphatic carbocycles. The molecule has 8 nitrogen and oxygen atoms in total. The summed E-state index contributed by atoms with van der Waals surface area (Å²) in [5, 5.41) is 16.8. The first-order valence-corrected chi connectivity index (χ1v) is 14.1. The van der Waals surface area contributed by atoms with Crippen LogP contribution < -0.4 is 20.9 Å². The van der Waals surface area contributed by atoms with Crippen molar-refractivity contribution in [3.8, 4) is 5.75 Å². The Morgan fingerprint density at radius 1 is 1.02 bits per heavy atom. The summed E-state index contributed by atoms with van der Waals surface area (Å²) in [6.45, 7) is 2.85. The van der Waals surface area contributed by atoms with Crippen LogP contribution in [0.4, 0.5) is 4.39 Å². The molecule has 2 amide bonds. The first kappa shape index (κ1) is 29.2. The van der Waals surface area contributed by atoms with Gasteiger partial charge in [0.05, 0.1) is 11.9 Å². The quantitative estimate of drug-likeness (QED) is 0.151. The highest BCUT2D eigenvalue weighted by Crippen LogP contribution is 2.32. The van der Waals surface area contributed by atoms with Crippen LogP contribution in [0.3, 0.4) is 0 Å². The number of nitrogens with zero attached hydrogens (tertiary/aromatic N) is 1. The van der Waals surface area contributed by atoms with E-state index in [-0.39, 0.29) is 24.2 Å². The Morgan fingerprint density at radius 2 is 1.79 bits per heavy atom. The number of carbonyl (C=O) groups excluding carboxylic acids is 2. The number of carbonyl (C=O) groups is 2. The lowest BCUT2D eigenvalue weighted by atomic mass is 9.76. The number of para-hydroxylation sites is 1. The summed E-state index contributed by atoms with van der Waals surface area (Å²) in [6, 6.07) is 23.5. The molecule has 4 aromatic rings. The van der Waals surface area contributed by atoms with Gasteiger partial charge in [-0.3, -0.25) is 19.8 Å². The average Bonchev–Trinajstić information content (AvgIpc) is 2.99. The molecule has 0 spiro atoms. The van der Waals surface area contributed by atoms with E-state index in [4.69, 9.17) is 4.74 Å². The number of nitrogens with one attached hydrogen (secondary N) is 3. The van der Waals surface area contributed by atoms with Crippen LogP contribution in [0.2, 0.25) is 0 Å². The Morgan fingerprint density at radius 3 is 2.52 bits per heavy atom. The van der Waals surface area contributed by atoms with E-state index in [2.05, 4.69) is 15.6 Å². The number of benzene rings is 3. The molecule has 42 heavy (non-hydrogen) atoms. The standard InChI is InChI=1S/C33H35FN4O4/c1-22-17-25(29-7-2-3-8-30(29)36-22)21-42-28-11-9-24(10-12-28)32(40)37-33(19-31(39)38-41)15-13-27(14-16-33)35-20-23-5-4-6-26(34)18-23/h2-12,17-18,27,35,41H,13-16,19-21H2,1H3,(H,37,40)(H,38,39). The van der Waals surface area contributed by atoms with Crippen LogP contribution >= 0.6 is 0 Å². The van der Waals surface area contributed by atoms with Crippen LogP contribution in [-0.2, 0) is 17.9 Å². The maximum Gasteiger partial charge on any atom is 0.251 e. The monoisotopic (exact) mass is 570 g/mol. The zero-order chi connectivity index (χ0) is 29.5. The summed E-state index contributed by atoms with van der Waals surface area (Å²) in [5.74, 6) is -0.491. The molecule has 5 rings (SSSR count). The lowest BCUT2D eigenvalue weighted by Crippen LogP contribution is -2.54. The molecule has 0 radical (unpaired) electrons. The number of aromatic nitrogens is 1. The Bertz CT molecular complexity index is 1550. The van der Waals surface area contributed by atoms with E-state index < -0.39 is 11.4 Å². The van der Waals surface area contributed by atoms with Crippen molar-refractivity contribution in [1.82, 2.24) is 21.1 Å². The number of pyridine rings is 1. The minimum atomic E-state index is -0.795. The molecule has 1 aliphatic rings. The molecule has 9 heteroatoms. The van der Waals surface area contributed by atoms with E-state index in [1.165, 1.54) is 12.1 Å². The Kier molecular flexibility index (Phi) is 9.09. The number of hydroxylamine groups is 1. The van der Waals surface area contributed by atoms with Gasteiger partial charge in [0.15, 0.2) is 0 Å². The summed E-state index contributed by atoms with van der Waals surface area (Å²) in [5.41, 5.74) is 5.08. The summed E-state index contributed by atoms with van der Waals surface area (Å²) >= 11 is 0. The third-order valence-corrected chi connectivity index (χ3v) is 7.87. The van der Waals surface area contributed by atoms with E-state index in [9.17, 15) is 19.2 Å². The summed E-state index contributed by atoms with van der Waals surface area (Å²) in [4.78, 5) is 30.0. The lowest BCUT2D eigenvalue weighted by molar-refractivity contribution is -0.131. The molecule has 3 aromatic carbocycles. The molecule has 0 bridgehead atoms. The smallest absolute Gasteiger partial charge is 0.251 e. The predicted molar refractivity (Wildman–Crippen MR) is 157 cm³/mol. The normalized spacial score (nSPS) is 18.4. The van der Waals surface area contributed by atoms with E-state index >= 15 is 0 Å². The van der Waals surface area contributed by atoms with Crippen molar-refractivity contribution in [2.24, 2.45) is 0 Å². The van der Waals surface area contributed by atoms with E-state index in [1.807, 2.05) is 43.3 Å². The second kappa shape index (κ2) is 13.1. The van der Waals surface area contributed by atoms with Gasteiger partial charge in [0, 0.05) is 40.3 Å². The summed E-state index contributed by atoms with van der Waals surface area (Å²) in [7, 11) is 0. The van der Waals surface area contributed by atoms with Crippen LogP contribution in [-0.4, -0.2) is 33.6 Å². The molecule has 0 saturated heterocycles. The van der Waals surface area contributed by atoms with Crippen LogP contribution in [0.25, 0.3) is 10.9 Å². The van der Waals surface area contributed by atoms with Crippen LogP contribution in [0.15, 0.2) is 78.9 Å². The summed E-state index contributed by atoms with van der Waals surface area (Å²) in [6.07, 6.45) is 2.49. The van der Waals surface area contributed by atoms with Gasteiger partial charge < -0.3 is 15.4 Å². The molecule has 218 valence electrons. The minimum absolute atomic E-state index is 0.0354. The fourth-order valence-electron chi connectivity index (χ4n) is 5.67. The number of fused-ring (bicyclic) bond motifs is 1. The van der Waals surface area contributed by atoms with Crippen molar-refractivity contribution in [3.05, 3.63) is 107 Å². The van der Waals surface area contributed by atoms with Crippen LogP contribution in [0, 0.1) is 12.7 Å². The van der Waals surface area contributed by atoms with Gasteiger partial charge in [-0.25, -0.2) is 9.87 Å². The number of ether oxygens (including phenoxy) is 1. The molecule has 1 fully saturated rings. The first-order chi connectivity index (χ1) is 20.3. The average molecular weight is 571 g/mol. The predicted octanol–water partition coefficient (Wildman–Crippen LogP) is 5.36. The Balaban J connectivity index is 1.20. The fraction of sp³-hybridized carbons (Fsp3) is 0.303. The van der Waals surface area contributed by atoms with Gasteiger partial charge >= 0.3 is 0 Å². The minimum Gasteiger partial charge on any atom is -0.489 e. The van der Waals surface area contributed by atoms with E-state index in [1.54, 1.807) is 35.8 Å². The maximum atomic E-state index is 13.5. The third kappa shape index (κ3) is 7.29. The molecule has 1 heterocycles. The third-order valence-electron chi connectivity index (χ3n) is 7.87. The molecule has 1 saturated carbocycles. The molecule has 4 N–H and O–H groups in total. The van der Waals surface area contributed by atoms with Gasteiger partial charge in [0.2, 0.25) is 5.91 Å². The SMILES string of the molecule is Cc1cc(COc2ccc(C(=O)NC3(CC(=O)NO)CCC(NCc4cccc(F)c4)CC3)cc2)c2ccccc2n1.